The summed E-state index contributed by atoms with van der Waals surface area (Å²) in [4.78, 5) is 3.37. The summed E-state index contributed by atoms with van der Waals surface area (Å²) in [5.41, 5.74) is 9.84. The summed E-state index contributed by atoms with van der Waals surface area (Å²) in [5.74, 6) is 0.645. The Hall–Kier alpha value is -0.990. The first-order chi connectivity index (χ1) is 8.18. The fourth-order valence-corrected chi connectivity index (χ4v) is 3.02. The minimum absolute atomic E-state index is 0.149. The van der Waals surface area contributed by atoms with Crippen LogP contribution in [0.4, 0.5) is 0 Å². The molecule has 1 aliphatic rings. The summed E-state index contributed by atoms with van der Waals surface area (Å²) in [7, 11) is 0. The van der Waals surface area contributed by atoms with Crippen LogP contribution in [0.5, 0.6) is 0 Å². The molecule has 0 spiro atoms. The Balaban J connectivity index is 2.14. The smallest absolute Gasteiger partial charge is 0.0648 e. The zero-order valence-electron chi connectivity index (χ0n) is 9.96. The summed E-state index contributed by atoms with van der Waals surface area (Å²) in [6, 6.07) is 6.17. The van der Waals surface area contributed by atoms with Gasteiger partial charge < -0.3 is 10.7 Å². The predicted molar refractivity (Wildman–Crippen MR) is 72.3 cm³/mol. The highest BCUT2D eigenvalue weighted by molar-refractivity contribution is 6.35. The van der Waals surface area contributed by atoms with Crippen molar-refractivity contribution in [3.63, 3.8) is 0 Å². The molecular formula is C14H17ClN2. The molecule has 1 aromatic carbocycles. The number of hydrogen-bond acceptors (Lipinski definition) is 1. The van der Waals surface area contributed by atoms with Gasteiger partial charge in [0, 0.05) is 17.1 Å². The maximum absolute atomic E-state index is 6.40. The van der Waals surface area contributed by atoms with Crippen LogP contribution in [-0.4, -0.2) is 4.98 Å². The van der Waals surface area contributed by atoms with E-state index >= 15 is 0 Å². The summed E-state index contributed by atoms with van der Waals surface area (Å²) < 4.78 is 0. The number of benzene rings is 1. The van der Waals surface area contributed by atoms with Gasteiger partial charge in [0.2, 0.25) is 0 Å². The van der Waals surface area contributed by atoms with Crippen molar-refractivity contribution in [2.75, 3.05) is 0 Å². The molecule has 3 rings (SSSR count). The molecule has 1 unspecified atom stereocenters. The zero-order valence-corrected chi connectivity index (χ0v) is 10.7. The van der Waals surface area contributed by atoms with Gasteiger partial charge >= 0.3 is 0 Å². The van der Waals surface area contributed by atoms with Crippen LogP contribution in [0.2, 0.25) is 5.02 Å². The number of fused-ring (bicyclic) bond motifs is 1. The minimum atomic E-state index is 0.149. The summed E-state index contributed by atoms with van der Waals surface area (Å²) in [5, 5.41) is 1.96. The molecule has 1 fully saturated rings. The minimum Gasteiger partial charge on any atom is -0.357 e. The van der Waals surface area contributed by atoms with Crippen molar-refractivity contribution in [2.45, 2.75) is 32.2 Å². The van der Waals surface area contributed by atoms with Gasteiger partial charge in [0.1, 0.15) is 0 Å². The van der Waals surface area contributed by atoms with Gasteiger partial charge in [0.15, 0.2) is 0 Å². The molecule has 0 saturated heterocycles. The first kappa shape index (κ1) is 11.1. The standard InChI is InChI=1S/C14H17ClN2/c1-8-12(13(16)9-4-2-5-9)10-6-3-7-11(15)14(10)17-8/h3,6-7,9,13,17H,2,4-5,16H2,1H3. The van der Waals surface area contributed by atoms with Crippen LogP contribution in [0.1, 0.15) is 36.6 Å². The van der Waals surface area contributed by atoms with Crippen molar-refractivity contribution in [1.29, 1.82) is 0 Å². The largest absolute Gasteiger partial charge is 0.357 e. The first-order valence-electron chi connectivity index (χ1n) is 6.20. The highest BCUT2D eigenvalue weighted by Gasteiger charge is 2.28. The molecule has 0 amide bonds. The molecule has 1 aliphatic carbocycles. The SMILES string of the molecule is Cc1[nH]c2c(Cl)cccc2c1C(N)C1CCC1. The van der Waals surface area contributed by atoms with Crippen LogP contribution in [0.15, 0.2) is 18.2 Å². The number of aromatic nitrogens is 1. The highest BCUT2D eigenvalue weighted by atomic mass is 35.5. The van der Waals surface area contributed by atoms with Gasteiger partial charge in [-0.3, -0.25) is 0 Å². The number of nitrogens with one attached hydrogen (secondary N) is 1. The third-order valence-corrected chi connectivity index (χ3v) is 4.33. The molecule has 90 valence electrons. The second kappa shape index (κ2) is 4.04. The molecule has 1 atom stereocenters. The van der Waals surface area contributed by atoms with Gasteiger partial charge in [0.05, 0.1) is 10.5 Å². The van der Waals surface area contributed by atoms with Crippen LogP contribution >= 0.6 is 11.6 Å². The van der Waals surface area contributed by atoms with E-state index in [1.165, 1.54) is 30.2 Å². The molecule has 1 aromatic heterocycles. The normalized spacial score (nSPS) is 18.3. The highest BCUT2D eigenvalue weighted by Crippen LogP contribution is 2.40. The Kier molecular flexibility index (Phi) is 2.64. The number of halogens is 1. The van der Waals surface area contributed by atoms with E-state index in [-0.39, 0.29) is 6.04 Å². The van der Waals surface area contributed by atoms with Crippen molar-refractivity contribution >= 4 is 22.5 Å². The molecule has 0 aliphatic heterocycles. The Labute approximate surface area is 106 Å². The molecule has 17 heavy (non-hydrogen) atoms. The van der Waals surface area contributed by atoms with E-state index < -0.39 is 0 Å². The van der Waals surface area contributed by atoms with E-state index in [4.69, 9.17) is 17.3 Å². The lowest BCUT2D eigenvalue weighted by atomic mass is 9.77. The number of H-pyrrole nitrogens is 1. The predicted octanol–water partition coefficient (Wildman–Crippen LogP) is 3.93. The van der Waals surface area contributed by atoms with Crippen molar-refractivity contribution in [2.24, 2.45) is 11.7 Å². The van der Waals surface area contributed by atoms with Crippen LogP contribution < -0.4 is 5.73 Å². The Morgan fingerprint density at radius 3 is 2.82 bits per heavy atom. The van der Waals surface area contributed by atoms with Crippen LogP contribution in [0, 0.1) is 12.8 Å². The molecule has 3 N–H and O–H groups in total. The number of aryl methyl sites for hydroxylation is 1. The molecule has 3 heteroatoms. The summed E-state index contributed by atoms with van der Waals surface area (Å²) >= 11 is 6.20. The number of hydrogen-bond donors (Lipinski definition) is 2. The van der Waals surface area contributed by atoms with Gasteiger partial charge in [-0.05, 0) is 37.3 Å². The number of nitrogens with two attached hydrogens (primary N) is 1. The molecule has 0 radical (unpaired) electrons. The Morgan fingerprint density at radius 1 is 1.41 bits per heavy atom. The number of rotatable bonds is 2. The Bertz CT molecular complexity index is 555. The molecule has 1 heterocycles. The van der Waals surface area contributed by atoms with E-state index in [2.05, 4.69) is 18.0 Å². The van der Waals surface area contributed by atoms with Crippen molar-refractivity contribution < 1.29 is 0 Å². The monoisotopic (exact) mass is 248 g/mol. The third kappa shape index (κ3) is 1.67. The third-order valence-electron chi connectivity index (χ3n) is 4.01. The molecule has 2 nitrogen and oxygen atoms in total. The van der Waals surface area contributed by atoms with Crippen molar-refractivity contribution in [3.8, 4) is 0 Å². The van der Waals surface area contributed by atoms with Gasteiger partial charge in [-0.25, -0.2) is 0 Å². The van der Waals surface area contributed by atoms with Crippen LogP contribution in [0.25, 0.3) is 10.9 Å². The topological polar surface area (TPSA) is 41.8 Å². The fraction of sp³-hybridized carbons (Fsp3) is 0.429. The van der Waals surface area contributed by atoms with E-state index in [9.17, 15) is 0 Å². The van der Waals surface area contributed by atoms with Crippen molar-refractivity contribution in [3.05, 3.63) is 34.5 Å². The molecule has 2 aromatic rings. The van der Waals surface area contributed by atoms with Gasteiger partial charge in [-0.1, -0.05) is 30.2 Å². The Morgan fingerprint density at radius 2 is 2.18 bits per heavy atom. The van der Waals surface area contributed by atoms with E-state index in [1.54, 1.807) is 0 Å². The zero-order chi connectivity index (χ0) is 12.0. The average Bonchev–Trinajstić information content (AvgIpc) is 2.53. The van der Waals surface area contributed by atoms with Crippen LogP contribution in [0.3, 0.4) is 0 Å². The van der Waals surface area contributed by atoms with Gasteiger partial charge in [0.25, 0.3) is 0 Å². The maximum atomic E-state index is 6.40. The summed E-state index contributed by atoms with van der Waals surface area (Å²) in [6.45, 7) is 2.09. The van der Waals surface area contributed by atoms with Crippen molar-refractivity contribution in [1.82, 2.24) is 4.98 Å². The molecular weight excluding hydrogens is 232 g/mol. The maximum Gasteiger partial charge on any atom is 0.0648 e. The summed E-state index contributed by atoms with van der Waals surface area (Å²) in [6.07, 6.45) is 3.84. The van der Waals surface area contributed by atoms with Gasteiger partial charge in [-0.2, -0.15) is 0 Å². The first-order valence-corrected chi connectivity index (χ1v) is 6.58. The average molecular weight is 249 g/mol. The van der Waals surface area contributed by atoms with Crippen LogP contribution in [-0.2, 0) is 0 Å². The second-order valence-electron chi connectivity index (χ2n) is 5.04. The lowest BCUT2D eigenvalue weighted by molar-refractivity contribution is 0.265. The lowest BCUT2D eigenvalue weighted by Crippen LogP contribution is -2.27. The van der Waals surface area contributed by atoms with Gasteiger partial charge in [-0.15, -0.1) is 0 Å². The quantitative estimate of drug-likeness (QED) is 0.831. The number of aromatic amines is 1. The number of para-hydroxylation sites is 1. The van der Waals surface area contributed by atoms with E-state index in [0.717, 1.165) is 16.2 Å². The van der Waals surface area contributed by atoms with E-state index in [0.29, 0.717) is 5.92 Å². The molecule has 1 saturated carbocycles. The fourth-order valence-electron chi connectivity index (χ4n) is 2.80. The van der Waals surface area contributed by atoms with E-state index in [1.807, 2.05) is 12.1 Å². The molecule has 0 bridgehead atoms. The lowest BCUT2D eigenvalue weighted by Gasteiger charge is -2.31. The second-order valence-corrected chi connectivity index (χ2v) is 5.45.